The van der Waals surface area contributed by atoms with Gasteiger partial charge in [-0.2, -0.15) is 0 Å². The number of ether oxygens (including phenoxy) is 2. The van der Waals surface area contributed by atoms with E-state index in [1.165, 1.54) is 23.2 Å². The third-order valence-electron chi connectivity index (χ3n) is 4.14. The molecule has 0 spiro atoms. The fourth-order valence-corrected chi connectivity index (χ4v) is 3.73. The van der Waals surface area contributed by atoms with Crippen molar-refractivity contribution >= 4 is 38.3 Å². The van der Waals surface area contributed by atoms with Crippen molar-refractivity contribution in [2.24, 2.45) is 0 Å². The third-order valence-corrected chi connectivity index (χ3v) is 5.16. The van der Waals surface area contributed by atoms with E-state index in [-0.39, 0.29) is 11.7 Å². The molecule has 0 unspecified atom stereocenters. The topological polar surface area (TPSA) is 51.7 Å². The molecule has 3 aromatic rings. The molecule has 0 saturated heterocycles. The Labute approximate surface area is 155 Å². The van der Waals surface area contributed by atoms with Crippen molar-refractivity contribution < 1.29 is 14.3 Å². The molecular formula is C20H18N2O3S. The summed E-state index contributed by atoms with van der Waals surface area (Å²) < 4.78 is 11.8. The van der Waals surface area contributed by atoms with Crippen molar-refractivity contribution in [2.45, 2.75) is 13.3 Å². The van der Waals surface area contributed by atoms with E-state index in [2.05, 4.69) is 11.9 Å². The van der Waals surface area contributed by atoms with E-state index in [0.29, 0.717) is 18.3 Å². The number of hydrogen-bond donors (Lipinski definition) is 0. The smallest absolute Gasteiger partial charge is 0.302 e. The predicted octanol–water partition coefficient (Wildman–Crippen LogP) is 4.41. The lowest BCUT2D eigenvalue weighted by molar-refractivity contribution is -0.119. The average molecular weight is 366 g/mol. The number of amides is 1. The summed E-state index contributed by atoms with van der Waals surface area (Å²) in [4.78, 5) is 19.4. The number of aryl methyl sites for hydroxylation is 1. The van der Waals surface area contributed by atoms with Gasteiger partial charge in [0.15, 0.2) is 5.13 Å². The van der Waals surface area contributed by atoms with Gasteiger partial charge >= 0.3 is 5.91 Å². The predicted molar refractivity (Wildman–Crippen MR) is 103 cm³/mol. The molecular weight excluding hydrogens is 348 g/mol. The Hall–Kier alpha value is -2.86. The molecule has 2 aromatic carbocycles. The number of carbonyl (C=O) groups excluding carboxylic acids is 1. The molecule has 1 aromatic heterocycles. The van der Waals surface area contributed by atoms with Crippen LogP contribution in [0.25, 0.3) is 10.2 Å². The van der Waals surface area contributed by atoms with E-state index >= 15 is 0 Å². The van der Waals surface area contributed by atoms with Gasteiger partial charge in [0.1, 0.15) is 19.5 Å². The third kappa shape index (κ3) is 3.15. The Morgan fingerprint density at radius 3 is 2.65 bits per heavy atom. The van der Waals surface area contributed by atoms with Crippen molar-refractivity contribution in [1.82, 2.24) is 4.98 Å². The number of rotatable bonds is 4. The summed E-state index contributed by atoms with van der Waals surface area (Å²) in [5, 5.41) is 0.607. The maximum absolute atomic E-state index is 13.1. The summed E-state index contributed by atoms with van der Waals surface area (Å²) in [6.07, 6.45) is 2.32. The van der Waals surface area contributed by atoms with Gasteiger partial charge < -0.3 is 9.47 Å². The van der Waals surface area contributed by atoms with E-state index in [0.717, 1.165) is 22.3 Å². The fourth-order valence-electron chi connectivity index (χ4n) is 2.74. The Balaban J connectivity index is 1.79. The van der Waals surface area contributed by atoms with Gasteiger partial charge in [-0.1, -0.05) is 42.5 Å². The van der Waals surface area contributed by atoms with Gasteiger partial charge in [-0.05, 0) is 36.2 Å². The largest absolute Gasteiger partial charge is 0.494 e. The molecule has 5 nitrogen and oxygen atoms in total. The van der Waals surface area contributed by atoms with Crippen molar-refractivity contribution in [3.8, 4) is 0 Å². The molecule has 4 rings (SSSR count). The Morgan fingerprint density at radius 2 is 1.96 bits per heavy atom. The number of anilines is 2. The zero-order valence-corrected chi connectivity index (χ0v) is 15.2. The van der Waals surface area contributed by atoms with Crippen LogP contribution in [0.5, 0.6) is 0 Å². The van der Waals surface area contributed by atoms with Crippen LogP contribution in [0, 0.1) is 0 Å². The molecule has 0 aliphatic carbocycles. The van der Waals surface area contributed by atoms with Crippen molar-refractivity contribution in [2.75, 3.05) is 18.1 Å². The van der Waals surface area contributed by atoms with Crippen LogP contribution in [0.1, 0.15) is 12.5 Å². The van der Waals surface area contributed by atoms with Crippen LogP contribution in [0.2, 0.25) is 0 Å². The molecule has 26 heavy (non-hydrogen) atoms. The number of carbonyl (C=O) groups is 1. The van der Waals surface area contributed by atoms with E-state index in [9.17, 15) is 4.79 Å². The first-order valence-electron chi connectivity index (χ1n) is 8.50. The van der Waals surface area contributed by atoms with Gasteiger partial charge in [-0.15, -0.1) is 0 Å². The summed E-state index contributed by atoms with van der Waals surface area (Å²) in [5.74, 6) is -0.0944. The van der Waals surface area contributed by atoms with E-state index in [1.54, 1.807) is 4.90 Å². The zero-order valence-electron chi connectivity index (χ0n) is 14.3. The molecule has 0 radical (unpaired) electrons. The molecule has 132 valence electrons. The molecule has 0 bridgehead atoms. The van der Waals surface area contributed by atoms with Crippen LogP contribution in [-0.4, -0.2) is 24.1 Å². The fraction of sp³-hybridized carbons (Fsp3) is 0.200. The maximum Gasteiger partial charge on any atom is 0.302 e. The molecule has 6 heteroatoms. The van der Waals surface area contributed by atoms with Crippen LogP contribution in [-0.2, 0) is 20.7 Å². The van der Waals surface area contributed by atoms with Gasteiger partial charge in [-0.3, -0.25) is 4.79 Å². The lowest BCUT2D eigenvalue weighted by atomic mass is 10.1. The summed E-state index contributed by atoms with van der Waals surface area (Å²) in [5.41, 5.74) is 2.83. The lowest BCUT2D eigenvalue weighted by Crippen LogP contribution is -2.30. The lowest BCUT2D eigenvalue weighted by Gasteiger charge is -2.23. The second-order valence-electron chi connectivity index (χ2n) is 5.83. The minimum absolute atomic E-state index is 0.190. The normalized spacial score (nSPS) is 13.7. The molecule has 0 fully saturated rings. The Kier molecular flexibility index (Phi) is 4.58. The molecule has 1 aliphatic heterocycles. The number of aromatic nitrogens is 1. The van der Waals surface area contributed by atoms with Crippen LogP contribution in [0.15, 0.2) is 60.6 Å². The minimum Gasteiger partial charge on any atom is -0.494 e. The molecule has 1 amide bonds. The SMILES string of the molecule is CCc1ccc(N(C(=O)C2=COCCO2)c2nc3ccccc3s2)cc1. The number of para-hydroxylation sites is 1. The first-order chi connectivity index (χ1) is 12.8. The summed E-state index contributed by atoms with van der Waals surface area (Å²) in [6.45, 7) is 2.91. The Bertz CT molecular complexity index is 930. The van der Waals surface area contributed by atoms with Gasteiger partial charge in [0.2, 0.25) is 5.76 Å². The van der Waals surface area contributed by atoms with Crippen molar-refractivity contribution in [3.63, 3.8) is 0 Å². The van der Waals surface area contributed by atoms with Crippen LogP contribution in [0.3, 0.4) is 0 Å². The molecule has 1 aliphatic rings. The number of fused-ring (bicyclic) bond motifs is 1. The van der Waals surface area contributed by atoms with Crippen LogP contribution >= 0.6 is 11.3 Å². The Morgan fingerprint density at radius 1 is 1.15 bits per heavy atom. The first-order valence-corrected chi connectivity index (χ1v) is 9.31. The molecule has 0 N–H and O–H groups in total. The average Bonchev–Trinajstić information content (AvgIpc) is 3.13. The number of hydrogen-bond acceptors (Lipinski definition) is 5. The summed E-state index contributed by atoms with van der Waals surface area (Å²) in [7, 11) is 0. The maximum atomic E-state index is 13.1. The summed E-state index contributed by atoms with van der Waals surface area (Å²) >= 11 is 1.47. The highest BCUT2D eigenvalue weighted by Gasteiger charge is 2.27. The quantitative estimate of drug-likeness (QED) is 0.686. The van der Waals surface area contributed by atoms with E-state index in [4.69, 9.17) is 9.47 Å². The van der Waals surface area contributed by atoms with Gasteiger partial charge in [0.05, 0.1) is 15.9 Å². The van der Waals surface area contributed by atoms with E-state index in [1.807, 2.05) is 48.5 Å². The second kappa shape index (κ2) is 7.17. The van der Waals surface area contributed by atoms with Gasteiger partial charge in [0, 0.05) is 0 Å². The molecule has 0 saturated carbocycles. The first kappa shape index (κ1) is 16.6. The summed E-state index contributed by atoms with van der Waals surface area (Å²) in [6, 6.07) is 15.8. The van der Waals surface area contributed by atoms with Crippen molar-refractivity contribution in [1.29, 1.82) is 0 Å². The second-order valence-corrected chi connectivity index (χ2v) is 6.84. The van der Waals surface area contributed by atoms with Crippen molar-refractivity contribution in [3.05, 3.63) is 66.1 Å². The van der Waals surface area contributed by atoms with E-state index < -0.39 is 0 Å². The highest BCUT2D eigenvalue weighted by molar-refractivity contribution is 7.22. The highest BCUT2D eigenvalue weighted by atomic mass is 32.1. The molecule has 0 atom stereocenters. The zero-order chi connectivity index (χ0) is 17.9. The van der Waals surface area contributed by atoms with Gasteiger partial charge in [0.25, 0.3) is 0 Å². The number of thiazole rings is 1. The standard InChI is InChI=1S/C20H18N2O3S/c1-2-14-7-9-15(10-8-14)22(19(23)17-13-24-11-12-25-17)20-21-16-5-3-4-6-18(16)26-20/h3-10,13H,2,11-12H2,1H3. The highest BCUT2D eigenvalue weighted by Crippen LogP contribution is 2.34. The number of benzene rings is 2. The molecule has 2 heterocycles. The monoisotopic (exact) mass is 366 g/mol. The van der Waals surface area contributed by atoms with Gasteiger partial charge in [-0.25, -0.2) is 9.88 Å². The van der Waals surface area contributed by atoms with Crippen LogP contribution in [0.4, 0.5) is 10.8 Å². The van der Waals surface area contributed by atoms with Crippen LogP contribution < -0.4 is 4.90 Å². The minimum atomic E-state index is -0.284. The number of nitrogens with zero attached hydrogens (tertiary/aromatic N) is 2.